The molecule has 0 saturated heterocycles. The Labute approximate surface area is 163 Å². The van der Waals surface area contributed by atoms with Gasteiger partial charge >= 0.3 is 0 Å². The van der Waals surface area contributed by atoms with Crippen LogP contribution < -0.4 is 5.32 Å². The Bertz CT molecular complexity index is 824. The first-order valence-electron chi connectivity index (χ1n) is 9.70. The molecule has 3 aromatic carbocycles. The molecule has 3 aromatic rings. The molecular weight excluding hydrogens is 332 g/mol. The number of nitrogens with one attached hydrogen (secondary N) is 1. The van der Waals surface area contributed by atoms with E-state index in [1.807, 2.05) is 7.05 Å². The minimum absolute atomic E-state index is 0.757. The van der Waals surface area contributed by atoms with E-state index in [9.17, 15) is 0 Å². The number of benzene rings is 3. The van der Waals surface area contributed by atoms with E-state index in [-0.39, 0.29) is 0 Å². The summed E-state index contributed by atoms with van der Waals surface area (Å²) < 4.78 is 5.33. The molecule has 0 aliphatic rings. The van der Waals surface area contributed by atoms with Crippen LogP contribution in [0.15, 0.2) is 66.7 Å². The fourth-order valence-electron chi connectivity index (χ4n) is 3.50. The number of fused-ring (bicyclic) bond motifs is 1. The summed E-state index contributed by atoms with van der Waals surface area (Å²) in [5, 5.41) is 5.88. The third-order valence-corrected chi connectivity index (χ3v) is 5.00. The van der Waals surface area contributed by atoms with Crippen molar-refractivity contribution in [1.82, 2.24) is 10.2 Å². The Morgan fingerprint density at radius 2 is 1.59 bits per heavy atom. The second-order valence-corrected chi connectivity index (χ2v) is 7.00. The van der Waals surface area contributed by atoms with Crippen molar-refractivity contribution >= 4 is 10.8 Å². The van der Waals surface area contributed by atoms with Crippen LogP contribution in [0.5, 0.6) is 0 Å². The average molecular weight is 363 g/mol. The summed E-state index contributed by atoms with van der Waals surface area (Å²) in [5.74, 6) is 0. The smallest absolute Gasteiger partial charge is 0.0589 e. The minimum atomic E-state index is 0.757. The molecule has 0 aliphatic heterocycles. The van der Waals surface area contributed by atoms with Crippen LogP contribution in [-0.2, 0) is 24.2 Å². The Balaban J connectivity index is 1.67. The summed E-state index contributed by atoms with van der Waals surface area (Å²) in [5.41, 5.74) is 4.09. The molecule has 142 valence electrons. The molecular formula is C24H30N2O. The highest BCUT2D eigenvalue weighted by Gasteiger charge is 2.08. The number of methoxy groups -OCH3 is 1. The molecule has 3 rings (SSSR count). The molecule has 27 heavy (non-hydrogen) atoms. The molecule has 0 aromatic heterocycles. The molecule has 0 fully saturated rings. The van der Waals surface area contributed by atoms with E-state index >= 15 is 0 Å². The lowest BCUT2D eigenvalue weighted by atomic mass is 10.0. The first-order chi connectivity index (χ1) is 13.3. The number of nitrogens with zero attached hydrogens (tertiary/aromatic N) is 1. The van der Waals surface area contributed by atoms with Gasteiger partial charge in [0.25, 0.3) is 0 Å². The highest BCUT2D eigenvalue weighted by Crippen LogP contribution is 2.19. The van der Waals surface area contributed by atoms with Crippen LogP contribution in [0.2, 0.25) is 0 Å². The quantitative estimate of drug-likeness (QED) is 0.583. The predicted molar refractivity (Wildman–Crippen MR) is 114 cm³/mol. The zero-order valence-corrected chi connectivity index (χ0v) is 16.4. The molecule has 0 aliphatic carbocycles. The third-order valence-electron chi connectivity index (χ3n) is 5.00. The zero-order chi connectivity index (χ0) is 18.9. The number of ether oxygens (including phenoxy) is 1. The van der Waals surface area contributed by atoms with Crippen molar-refractivity contribution in [2.45, 2.75) is 19.5 Å². The maximum absolute atomic E-state index is 5.33. The summed E-state index contributed by atoms with van der Waals surface area (Å²) in [7, 11) is 3.75. The second-order valence-electron chi connectivity index (χ2n) is 7.00. The topological polar surface area (TPSA) is 24.5 Å². The molecule has 0 unspecified atom stereocenters. The second kappa shape index (κ2) is 10.2. The van der Waals surface area contributed by atoms with E-state index in [1.54, 1.807) is 7.11 Å². The van der Waals surface area contributed by atoms with Gasteiger partial charge in [0.05, 0.1) is 6.61 Å². The number of hydrogen-bond acceptors (Lipinski definition) is 3. The van der Waals surface area contributed by atoms with Gasteiger partial charge in [-0.1, -0.05) is 66.7 Å². The normalized spacial score (nSPS) is 11.4. The first-order valence-corrected chi connectivity index (χ1v) is 9.70. The molecule has 0 spiro atoms. The molecule has 0 atom stereocenters. The lowest BCUT2D eigenvalue weighted by Gasteiger charge is -2.22. The lowest BCUT2D eigenvalue weighted by Crippen LogP contribution is -2.29. The van der Waals surface area contributed by atoms with Gasteiger partial charge in [0.2, 0.25) is 0 Å². The number of hydrogen-bond donors (Lipinski definition) is 1. The van der Waals surface area contributed by atoms with Gasteiger partial charge in [0, 0.05) is 33.3 Å². The fraction of sp³-hybridized carbons (Fsp3) is 0.333. The fourth-order valence-corrected chi connectivity index (χ4v) is 3.50. The largest absolute Gasteiger partial charge is 0.383 e. The van der Waals surface area contributed by atoms with E-state index in [4.69, 9.17) is 4.74 Å². The van der Waals surface area contributed by atoms with Gasteiger partial charge in [-0.05, 0) is 40.9 Å². The molecule has 0 radical (unpaired) electrons. The van der Waals surface area contributed by atoms with E-state index in [2.05, 4.69) is 76.9 Å². The van der Waals surface area contributed by atoms with E-state index < -0.39 is 0 Å². The Morgan fingerprint density at radius 1 is 0.852 bits per heavy atom. The van der Waals surface area contributed by atoms with Crippen molar-refractivity contribution in [3.63, 3.8) is 0 Å². The number of rotatable bonds is 10. The molecule has 3 heteroatoms. The van der Waals surface area contributed by atoms with Gasteiger partial charge in [-0.2, -0.15) is 0 Å². The van der Waals surface area contributed by atoms with Gasteiger partial charge in [-0.25, -0.2) is 0 Å². The van der Waals surface area contributed by atoms with Gasteiger partial charge in [0.15, 0.2) is 0 Å². The highest BCUT2D eigenvalue weighted by atomic mass is 16.5. The summed E-state index contributed by atoms with van der Waals surface area (Å²) in [6.45, 7) is 4.59. The van der Waals surface area contributed by atoms with Crippen LogP contribution >= 0.6 is 0 Å². The lowest BCUT2D eigenvalue weighted by molar-refractivity contribution is 0.145. The Morgan fingerprint density at radius 3 is 2.37 bits per heavy atom. The zero-order valence-electron chi connectivity index (χ0n) is 16.4. The van der Waals surface area contributed by atoms with Crippen LogP contribution in [0.25, 0.3) is 10.8 Å². The third kappa shape index (κ3) is 5.64. The van der Waals surface area contributed by atoms with Crippen LogP contribution in [0.1, 0.15) is 16.7 Å². The van der Waals surface area contributed by atoms with Crippen molar-refractivity contribution < 1.29 is 4.74 Å². The summed E-state index contributed by atoms with van der Waals surface area (Å²) in [6, 6.07) is 24.2. The standard InChI is InChI=1S/C24H30N2O/c1-25-18-20-10-12-21(13-11-20)19-26(16-17-27-2)15-14-23-8-5-7-22-6-3-4-9-24(22)23/h3-13,25H,14-19H2,1-2H3. The highest BCUT2D eigenvalue weighted by molar-refractivity contribution is 5.85. The minimum Gasteiger partial charge on any atom is -0.383 e. The van der Waals surface area contributed by atoms with Crippen molar-refractivity contribution in [3.05, 3.63) is 83.4 Å². The Kier molecular flexibility index (Phi) is 7.40. The summed E-state index contributed by atoms with van der Waals surface area (Å²) in [6.07, 6.45) is 1.04. The van der Waals surface area contributed by atoms with Gasteiger partial charge < -0.3 is 10.1 Å². The maximum atomic E-state index is 5.33. The molecule has 3 nitrogen and oxygen atoms in total. The van der Waals surface area contributed by atoms with E-state index in [0.717, 1.165) is 39.2 Å². The van der Waals surface area contributed by atoms with Crippen LogP contribution in [0.4, 0.5) is 0 Å². The monoisotopic (exact) mass is 362 g/mol. The van der Waals surface area contributed by atoms with Crippen LogP contribution in [0.3, 0.4) is 0 Å². The average Bonchev–Trinajstić information content (AvgIpc) is 2.71. The van der Waals surface area contributed by atoms with E-state index in [1.165, 1.54) is 27.5 Å². The van der Waals surface area contributed by atoms with Crippen molar-refractivity contribution in [3.8, 4) is 0 Å². The maximum Gasteiger partial charge on any atom is 0.0589 e. The van der Waals surface area contributed by atoms with Crippen molar-refractivity contribution in [2.75, 3.05) is 33.9 Å². The summed E-state index contributed by atoms with van der Waals surface area (Å²) >= 11 is 0. The molecule has 0 bridgehead atoms. The Hall–Kier alpha value is -2.20. The van der Waals surface area contributed by atoms with Gasteiger partial charge in [-0.15, -0.1) is 0 Å². The van der Waals surface area contributed by atoms with Gasteiger partial charge in [0.1, 0.15) is 0 Å². The predicted octanol–water partition coefficient (Wildman–Crippen LogP) is 4.25. The van der Waals surface area contributed by atoms with Crippen LogP contribution in [-0.4, -0.2) is 38.8 Å². The van der Waals surface area contributed by atoms with Crippen molar-refractivity contribution in [1.29, 1.82) is 0 Å². The molecule has 0 saturated carbocycles. The van der Waals surface area contributed by atoms with Crippen molar-refractivity contribution in [2.24, 2.45) is 0 Å². The molecule has 0 heterocycles. The SMILES string of the molecule is CNCc1ccc(CN(CCOC)CCc2cccc3ccccc23)cc1. The molecule has 1 N–H and O–H groups in total. The first kappa shape index (κ1) is 19.6. The molecule has 0 amide bonds. The van der Waals surface area contributed by atoms with E-state index in [0.29, 0.717) is 0 Å². The summed E-state index contributed by atoms with van der Waals surface area (Å²) in [4.78, 5) is 2.48. The van der Waals surface area contributed by atoms with Gasteiger partial charge in [-0.3, -0.25) is 4.90 Å². The van der Waals surface area contributed by atoms with Crippen LogP contribution in [0, 0.1) is 0 Å².